The second kappa shape index (κ2) is 15.8. The van der Waals surface area contributed by atoms with E-state index in [4.69, 9.17) is 11.5 Å². The Bertz CT molecular complexity index is 654. The zero-order chi connectivity index (χ0) is 23.8. The average molecular weight is 444 g/mol. The molecule has 8 N–H and O–H groups in total. The monoisotopic (exact) mass is 443 g/mol. The topological polar surface area (TPSA) is 203 Å². The highest BCUT2D eigenvalue weighted by Gasteiger charge is 2.27. The SMILES string of the molecule is CCC[C@H](NC(=O)[C@@H](N)CCCCN)C(=O)N[C@H](CNC(=O)/C=C/C(=O)OC)C(=O)O. The van der Waals surface area contributed by atoms with E-state index < -0.39 is 54.3 Å². The molecular formula is C19H33N5O7. The number of ether oxygens (including phenoxy) is 1. The molecule has 0 aliphatic heterocycles. The number of nitrogens with two attached hydrogens (primary N) is 2. The molecule has 12 nitrogen and oxygen atoms in total. The van der Waals surface area contributed by atoms with Crippen molar-refractivity contribution in [3.63, 3.8) is 0 Å². The molecule has 0 spiro atoms. The van der Waals surface area contributed by atoms with Gasteiger partial charge in [-0.1, -0.05) is 19.8 Å². The van der Waals surface area contributed by atoms with Gasteiger partial charge in [-0.15, -0.1) is 0 Å². The molecule has 0 radical (unpaired) electrons. The Morgan fingerprint density at radius 2 is 1.65 bits per heavy atom. The van der Waals surface area contributed by atoms with E-state index in [-0.39, 0.29) is 6.42 Å². The van der Waals surface area contributed by atoms with Crippen LogP contribution in [0.5, 0.6) is 0 Å². The van der Waals surface area contributed by atoms with Crippen molar-refractivity contribution in [1.82, 2.24) is 16.0 Å². The van der Waals surface area contributed by atoms with Crippen molar-refractivity contribution < 1.29 is 33.8 Å². The molecule has 0 rings (SSSR count). The van der Waals surface area contributed by atoms with Crippen molar-refractivity contribution in [2.24, 2.45) is 11.5 Å². The third-order valence-corrected chi connectivity index (χ3v) is 4.18. The zero-order valence-electron chi connectivity index (χ0n) is 17.9. The van der Waals surface area contributed by atoms with E-state index in [1.165, 1.54) is 0 Å². The van der Waals surface area contributed by atoms with Gasteiger partial charge in [-0.25, -0.2) is 9.59 Å². The van der Waals surface area contributed by atoms with Gasteiger partial charge in [-0.05, 0) is 25.8 Å². The highest BCUT2D eigenvalue weighted by atomic mass is 16.5. The predicted octanol–water partition coefficient (Wildman–Crippen LogP) is -1.86. The van der Waals surface area contributed by atoms with Crippen molar-refractivity contribution in [3.05, 3.63) is 12.2 Å². The Morgan fingerprint density at radius 1 is 1.00 bits per heavy atom. The minimum absolute atomic E-state index is 0.271. The summed E-state index contributed by atoms with van der Waals surface area (Å²) in [6, 6.07) is -3.23. The number of carbonyl (C=O) groups is 5. The van der Waals surface area contributed by atoms with E-state index in [0.717, 1.165) is 25.7 Å². The molecule has 0 aromatic rings. The fraction of sp³-hybridized carbons (Fsp3) is 0.632. The van der Waals surface area contributed by atoms with Crippen LogP contribution >= 0.6 is 0 Å². The van der Waals surface area contributed by atoms with Crippen LogP contribution in [0.25, 0.3) is 0 Å². The third kappa shape index (κ3) is 12.3. The first-order valence-electron chi connectivity index (χ1n) is 9.99. The number of carbonyl (C=O) groups excluding carboxylic acids is 4. The lowest BCUT2D eigenvalue weighted by Gasteiger charge is -2.22. The first-order chi connectivity index (χ1) is 14.7. The number of hydrogen-bond donors (Lipinski definition) is 6. The number of rotatable bonds is 15. The fourth-order valence-electron chi connectivity index (χ4n) is 2.42. The Balaban J connectivity index is 4.89. The maximum absolute atomic E-state index is 12.5. The van der Waals surface area contributed by atoms with E-state index >= 15 is 0 Å². The zero-order valence-corrected chi connectivity index (χ0v) is 17.9. The molecule has 0 unspecified atom stereocenters. The summed E-state index contributed by atoms with van der Waals surface area (Å²) < 4.78 is 4.34. The molecule has 0 heterocycles. The molecular weight excluding hydrogens is 410 g/mol. The van der Waals surface area contributed by atoms with Crippen molar-refractivity contribution in [2.75, 3.05) is 20.2 Å². The summed E-state index contributed by atoms with van der Waals surface area (Å²) in [5, 5.41) is 16.4. The fourth-order valence-corrected chi connectivity index (χ4v) is 2.42. The lowest BCUT2D eigenvalue weighted by molar-refractivity contribution is -0.142. The molecule has 3 atom stereocenters. The maximum atomic E-state index is 12.5. The van der Waals surface area contributed by atoms with Crippen LogP contribution in [0.4, 0.5) is 0 Å². The van der Waals surface area contributed by atoms with Gasteiger partial charge < -0.3 is 37.3 Å². The molecule has 0 saturated carbocycles. The number of aliphatic carboxylic acids is 1. The lowest BCUT2D eigenvalue weighted by Crippen LogP contribution is -2.56. The minimum Gasteiger partial charge on any atom is -0.480 e. The normalized spacial score (nSPS) is 13.7. The van der Waals surface area contributed by atoms with Gasteiger partial charge in [-0.3, -0.25) is 14.4 Å². The predicted molar refractivity (Wildman–Crippen MR) is 111 cm³/mol. The molecule has 0 fully saturated rings. The van der Waals surface area contributed by atoms with Crippen molar-refractivity contribution in [2.45, 2.75) is 57.2 Å². The van der Waals surface area contributed by atoms with Crippen LogP contribution in [0, 0.1) is 0 Å². The molecule has 0 aromatic heterocycles. The van der Waals surface area contributed by atoms with Gasteiger partial charge in [0.15, 0.2) is 0 Å². The highest BCUT2D eigenvalue weighted by molar-refractivity contribution is 5.95. The van der Waals surface area contributed by atoms with Crippen LogP contribution in [0.2, 0.25) is 0 Å². The van der Waals surface area contributed by atoms with Crippen LogP contribution in [-0.2, 0) is 28.7 Å². The lowest BCUT2D eigenvalue weighted by atomic mass is 10.1. The Hall–Kier alpha value is -2.99. The molecule has 3 amide bonds. The molecule has 0 aliphatic carbocycles. The Labute approximate surface area is 181 Å². The van der Waals surface area contributed by atoms with Crippen molar-refractivity contribution in [3.8, 4) is 0 Å². The Kier molecular flexibility index (Phi) is 14.3. The summed E-state index contributed by atoms with van der Waals surface area (Å²) in [4.78, 5) is 58.8. The molecule has 0 saturated heterocycles. The number of esters is 1. The van der Waals surface area contributed by atoms with E-state index in [0.29, 0.717) is 25.8 Å². The maximum Gasteiger partial charge on any atom is 0.330 e. The van der Waals surface area contributed by atoms with Gasteiger partial charge in [0.1, 0.15) is 12.1 Å². The molecule has 176 valence electrons. The molecule has 0 aromatic carbocycles. The smallest absolute Gasteiger partial charge is 0.330 e. The molecule has 12 heteroatoms. The second-order valence-electron chi connectivity index (χ2n) is 6.74. The number of amides is 3. The summed E-state index contributed by atoms with van der Waals surface area (Å²) in [5.74, 6) is -4.11. The standard InChI is InChI=1S/C19H33N5O7/c1-3-6-13(23-17(27)12(21)7-4-5-10-20)18(28)24-14(19(29)30)11-22-15(25)8-9-16(26)31-2/h8-9,12-14H,3-7,10-11,20-21H2,1-2H3,(H,22,25)(H,23,27)(H,24,28)(H,29,30)/b9-8+/t12-,13-,14+/m0/s1. The quantitative estimate of drug-likeness (QED) is 0.0953. The van der Waals surface area contributed by atoms with Crippen molar-refractivity contribution in [1.29, 1.82) is 0 Å². The van der Waals surface area contributed by atoms with Crippen LogP contribution in [-0.4, -0.2) is 73.1 Å². The van der Waals surface area contributed by atoms with E-state index in [1.807, 2.05) is 0 Å². The van der Waals surface area contributed by atoms with Gasteiger partial charge >= 0.3 is 11.9 Å². The summed E-state index contributed by atoms with van der Waals surface area (Å²) in [7, 11) is 1.14. The van der Waals surface area contributed by atoms with Crippen LogP contribution in [0.15, 0.2) is 12.2 Å². The number of methoxy groups -OCH3 is 1. The van der Waals surface area contributed by atoms with Gasteiger partial charge in [0, 0.05) is 18.7 Å². The van der Waals surface area contributed by atoms with Gasteiger partial charge in [0.05, 0.1) is 13.2 Å². The van der Waals surface area contributed by atoms with Crippen LogP contribution < -0.4 is 27.4 Å². The Morgan fingerprint density at radius 3 is 2.19 bits per heavy atom. The number of hydrogen-bond acceptors (Lipinski definition) is 8. The molecule has 31 heavy (non-hydrogen) atoms. The van der Waals surface area contributed by atoms with E-state index in [1.54, 1.807) is 6.92 Å². The average Bonchev–Trinajstić information content (AvgIpc) is 2.73. The van der Waals surface area contributed by atoms with Gasteiger partial charge in [-0.2, -0.15) is 0 Å². The van der Waals surface area contributed by atoms with Crippen LogP contribution in [0.1, 0.15) is 39.0 Å². The largest absolute Gasteiger partial charge is 0.480 e. The summed E-state index contributed by atoms with van der Waals surface area (Å²) in [6.07, 6.45) is 4.36. The molecule has 0 aliphatic rings. The number of carboxylic acid groups (broad SMARTS) is 1. The van der Waals surface area contributed by atoms with Crippen molar-refractivity contribution >= 4 is 29.7 Å². The van der Waals surface area contributed by atoms with E-state index in [2.05, 4.69) is 20.7 Å². The summed E-state index contributed by atoms with van der Waals surface area (Å²) in [5.41, 5.74) is 11.2. The first-order valence-corrected chi connectivity index (χ1v) is 9.99. The van der Waals surface area contributed by atoms with E-state index in [9.17, 15) is 29.1 Å². The highest BCUT2D eigenvalue weighted by Crippen LogP contribution is 2.02. The summed E-state index contributed by atoms with van der Waals surface area (Å²) >= 11 is 0. The van der Waals surface area contributed by atoms with Crippen LogP contribution in [0.3, 0.4) is 0 Å². The van der Waals surface area contributed by atoms with Gasteiger partial charge in [0.2, 0.25) is 17.7 Å². The summed E-state index contributed by atoms with van der Waals surface area (Å²) in [6.45, 7) is 1.85. The number of carboxylic acids is 1. The minimum atomic E-state index is -1.45. The second-order valence-corrected chi connectivity index (χ2v) is 6.74. The number of unbranched alkanes of at least 4 members (excludes halogenated alkanes) is 1. The van der Waals surface area contributed by atoms with Gasteiger partial charge in [0.25, 0.3) is 0 Å². The third-order valence-electron chi connectivity index (χ3n) is 4.18. The number of nitrogens with one attached hydrogen (secondary N) is 3. The first kappa shape index (κ1) is 28.0. The molecule has 0 bridgehead atoms.